The second-order valence-electron chi connectivity index (χ2n) is 5.58. The molecule has 2 fully saturated rings. The average molecular weight is 238 g/mol. The highest BCUT2D eigenvalue weighted by Gasteiger charge is 2.43. The van der Waals surface area contributed by atoms with Crippen LogP contribution in [0.3, 0.4) is 0 Å². The molecule has 3 nitrogen and oxygen atoms in total. The summed E-state index contributed by atoms with van der Waals surface area (Å²) in [6.45, 7) is 7.22. The zero-order chi connectivity index (χ0) is 12.3. The summed E-state index contributed by atoms with van der Waals surface area (Å²) in [5.41, 5.74) is -0.0153. The Balaban J connectivity index is 2.09. The second-order valence-corrected chi connectivity index (χ2v) is 5.58. The van der Waals surface area contributed by atoms with Crippen LogP contribution < -0.4 is 5.32 Å². The third kappa shape index (κ3) is 2.35. The fourth-order valence-corrected chi connectivity index (χ4v) is 3.55. The van der Waals surface area contributed by atoms with Gasteiger partial charge in [0.25, 0.3) is 0 Å². The maximum atomic E-state index is 12.8. The van der Waals surface area contributed by atoms with E-state index < -0.39 is 0 Å². The molecule has 2 aliphatic rings. The number of carbonyl (C=O) groups is 1. The van der Waals surface area contributed by atoms with Gasteiger partial charge in [-0.3, -0.25) is 4.79 Å². The Morgan fingerprint density at radius 3 is 2.53 bits per heavy atom. The lowest BCUT2D eigenvalue weighted by Gasteiger charge is -2.36. The summed E-state index contributed by atoms with van der Waals surface area (Å²) in [6, 6.07) is 0.441. The molecule has 0 aromatic rings. The standard InChI is InChI=1S/C14H26N2O/c1-3-14(8-5-6-9-14)13(17)16(4-2)12-7-10-15-11-12/h12,15H,3-11H2,1-2H3. The first kappa shape index (κ1) is 12.9. The van der Waals surface area contributed by atoms with Crippen molar-refractivity contribution in [3.8, 4) is 0 Å². The number of nitrogens with zero attached hydrogens (tertiary/aromatic N) is 1. The van der Waals surface area contributed by atoms with Crippen molar-refractivity contribution in [3.05, 3.63) is 0 Å². The molecule has 0 spiro atoms. The van der Waals surface area contributed by atoms with Gasteiger partial charge >= 0.3 is 0 Å². The predicted octanol–water partition coefficient (Wildman–Crippen LogP) is 2.17. The number of carbonyl (C=O) groups excluding carboxylic acids is 1. The van der Waals surface area contributed by atoms with E-state index in [0.717, 1.165) is 45.3 Å². The monoisotopic (exact) mass is 238 g/mol. The zero-order valence-corrected chi connectivity index (χ0v) is 11.3. The van der Waals surface area contributed by atoms with E-state index in [1.165, 1.54) is 12.8 Å². The Kier molecular flexibility index (Phi) is 4.08. The van der Waals surface area contributed by atoms with Crippen LogP contribution in [-0.4, -0.2) is 36.5 Å². The Morgan fingerprint density at radius 1 is 1.35 bits per heavy atom. The van der Waals surface area contributed by atoms with Crippen molar-refractivity contribution in [3.63, 3.8) is 0 Å². The van der Waals surface area contributed by atoms with Crippen molar-refractivity contribution in [2.24, 2.45) is 5.41 Å². The van der Waals surface area contributed by atoms with Crippen molar-refractivity contribution < 1.29 is 4.79 Å². The normalized spacial score (nSPS) is 27.3. The summed E-state index contributed by atoms with van der Waals surface area (Å²) in [5.74, 6) is 0.439. The highest BCUT2D eigenvalue weighted by molar-refractivity contribution is 5.83. The Hall–Kier alpha value is -0.570. The van der Waals surface area contributed by atoms with Crippen LogP contribution in [0.4, 0.5) is 0 Å². The summed E-state index contributed by atoms with van der Waals surface area (Å²) in [4.78, 5) is 15.0. The summed E-state index contributed by atoms with van der Waals surface area (Å²) >= 11 is 0. The first-order chi connectivity index (χ1) is 8.23. The summed E-state index contributed by atoms with van der Waals surface area (Å²) in [7, 11) is 0. The molecule has 1 unspecified atom stereocenters. The third-order valence-electron chi connectivity index (χ3n) is 4.77. The topological polar surface area (TPSA) is 32.3 Å². The first-order valence-corrected chi connectivity index (χ1v) is 7.25. The minimum Gasteiger partial charge on any atom is -0.338 e. The molecular weight excluding hydrogens is 212 g/mol. The summed E-state index contributed by atoms with van der Waals surface area (Å²) in [6.07, 6.45) is 6.83. The first-order valence-electron chi connectivity index (χ1n) is 7.25. The molecule has 1 saturated heterocycles. The number of nitrogens with one attached hydrogen (secondary N) is 1. The largest absolute Gasteiger partial charge is 0.338 e. The van der Waals surface area contributed by atoms with E-state index in [-0.39, 0.29) is 5.41 Å². The maximum Gasteiger partial charge on any atom is 0.229 e. The van der Waals surface area contributed by atoms with Gasteiger partial charge in [-0.15, -0.1) is 0 Å². The molecule has 0 aromatic heterocycles. The fraction of sp³-hybridized carbons (Fsp3) is 0.929. The van der Waals surface area contributed by atoms with Crippen LogP contribution in [0, 0.1) is 5.41 Å². The van der Waals surface area contributed by atoms with Gasteiger partial charge in [-0.25, -0.2) is 0 Å². The highest BCUT2D eigenvalue weighted by atomic mass is 16.2. The van der Waals surface area contributed by atoms with Gasteiger partial charge in [0.15, 0.2) is 0 Å². The molecule has 1 amide bonds. The van der Waals surface area contributed by atoms with Crippen LogP contribution in [0.1, 0.15) is 52.4 Å². The zero-order valence-electron chi connectivity index (χ0n) is 11.3. The Bertz CT molecular complexity index is 265. The molecule has 0 bridgehead atoms. The molecule has 0 aromatic carbocycles. The molecule has 2 rings (SSSR count). The number of hydrogen-bond donors (Lipinski definition) is 1. The average Bonchev–Trinajstić information content (AvgIpc) is 3.01. The van der Waals surface area contributed by atoms with Crippen LogP contribution >= 0.6 is 0 Å². The SMILES string of the molecule is CCN(C(=O)C1(CC)CCCC1)C1CCNC1. The van der Waals surface area contributed by atoms with Gasteiger partial charge < -0.3 is 10.2 Å². The molecule has 1 N–H and O–H groups in total. The van der Waals surface area contributed by atoms with Crippen molar-refractivity contribution in [2.75, 3.05) is 19.6 Å². The quantitative estimate of drug-likeness (QED) is 0.814. The molecule has 1 aliphatic carbocycles. The van der Waals surface area contributed by atoms with E-state index in [0.29, 0.717) is 11.9 Å². The summed E-state index contributed by atoms with van der Waals surface area (Å²) in [5, 5.41) is 3.37. The molecule has 0 radical (unpaired) electrons. The van der Waals surface area contributed by atoms with Crippen molar-refractivity contribution in [1.82, 2.24) is 10.2 Å². The van der Waals surface area contributed by atoms with E-state index in [4.69, 9.17) is 0 Å². The third-order valence-corrected chi connectivity index (χ3v) is 4.77. The molecule has 17 heavy (non-hydrogen) atoms. The minimum atomic E-state index is -0.0153. The second kappa shape index (κ2) is 5.38. The lowest BCUT2D eigenvalue weighted by Crippen LogP contribution is -2.48. The predicted molar refractivity (Wildman–Crippen MR) is 69.9 cm³/mol. The van der Waals surface area contributed by atoms with E-state index in [1.807, 2.05) is 0 Å². The van der Waals surface area contributed by atoms with Crippen LogP contribution in [0.25, 0.3) is 0 Å². The molecular formula is C14H26N2O. The van der Waals surface area contributed by atoms with Crippen LogP contribution in [-0.2, 0) is 4.79 Å². The maximum absolute atomic E-state index is 12.8. The Labute approximate surface area is 105 Å². The number of amides is 1. The van der Waals surface area contributed by atoms with Gasteiger partial charge in [0.1, 0.15) is 0 Å². The lowest BCUT2D eigenvalue weighted by atomic mass is 9.81. The van der Waals surface area contributed by atoms with Crippen LogP contribution in [0.5, 0.6) is 0 Å². The molecule has 1 aliphatic heterocycles. The smallest absolute Gasteiger partial charge is 0.229 e. The molecule has 1 saturated carbocycles. The van der Waals surface area contributed by atoms with Gasteiger partial charge in [-0.2, -0.15) is 0 Å². The van der Waals surface area contributed by atoms with Crippen LogP contribution in [0.15, 0.2) is 0 Å². The molecule has 3 heteroatoms. The van der Waals surface area contributed by atoms with Gasteiger partial charge in [0.2, 0.25) is 5.91 Å². The van der Waals surface area contributed by atoms with Crippen molar-refractivity contribution in [2.45, 2.75) is 58.4 Å². The van der Waals surface area contributed by atoms with Crippen LogP contribution in [0.2, 0.25) is 0 Å². The molecule has 1 heterocycles. The van der Waals surface area contributed by atoms with Gasteiger partial charge in [0.05, 0.1) is 0 Å². The van der Waals surface area contributed by atoms with E-state index >= 15 is 0 Å². The van der Waals surface area contributed by atoms with Gasteiger partial charge in [0, 0.05) is 24.5 Å². The summed E-state index contributed by atoms with van der Waals surface area (Å²) < 4.78 is 0. The van der Waals surface area contributed by atoms with Gasteiger partial charge in [-0.05, 0) is 39.2 Å². The van der Waals surface area contributed by atoms with E-state index in [1.54, 1.807) is 0 Å². The fourth-order valence-electron chi connectivity index (χ4n) is 3.55. The number of hydrogen-bond acceptors (Lipinski definition) is 2. The van der Waals surface area contributed by atoms with Crippen molar-refractivity contribution >= 4 is 5.91 Å². The number of rotatable bonds is 4. The molecule has 98 valence electrons. The lowest BCUT2D eigenvalue weighted by molar-refractivity contribution is -0.144. The van der Waals surface area contributed by atoms with Gasteiger partial charge in [-0.1, -0.05) is 19.8 Å². The van der Waals surface area contributed by atoms with E-state index in [2.05, 4.69) is 24.1 Å². The number of likely N-dealkylation sites (N-methyl/N-ethyl adjacent to an activating group) is 1. The highest BCUT2D eigenvalue weighted by Crippen LogP contribution is 2.43. The Morgan fingerprint density at radius 2 is 2.06 bits per heavy atom. The minimum absolute atomic E-state index is 0.0153. The van der Waals surface area contributed by atoms with Crippen molar-refractivity contribution in [1.29, 1.82) is 0 Å². The molecule has 1 atom stereocenters. The van der Waals surface area contributed by atoms with E-state index in [9.17, 15) is 4.79 Å².